The van der Waals surface area contributed by atoms with E-state index in [1.165, 1.54) is 0 Å². The summed E-state index contributed by atoms with van der Waals surface area (Å²) in [5.41, 5.74) is 1.44. The van der Waals surface area contributed by atoms with Crippen LogP contribution in [0.2, 0.25) is 0 Å². The molecular formula is C21H25N3O3. The van der Waals surface area contributed by atoms with Gasteiger partial charge in [-0.05, 0) is 50.8 Å². The maximum Gasteiger partial charge on any atom is 0.289 e. The molecule has 2 fully saturated rings. The van der Waals surface area contributed by atoms with Crippen molar-refractivity contribution in [3.8, 4) is 0 Å². The number of nitrogens with zero attached hydrogens (tertiary/aromatic N) is 3. The summed E-state index contributed by atoms with van der Waals surface area (Å²) in [6, 6.07) is 5.76. The van der Waals surface area contributed by atoms with Crippen molar-refractivity contribution < 1.29 is 14.0 Å². The molecular weight excluding hydrogens is 342 g/mol. The van der Waals surface area contributed by atoms with Gasteiger partial charge in [-0.3, -0.25) is 14.6 Å². The van der Waals surface area contributed by atoms with Gasteiger partial charge in [-0.1, -0.05) is 6.07 Å². The molecule has 2 aliphatic heterocycles. The Hall–Kier alpha value is -2.63. The van der Waals surface area contributed by atoms with Crippen LogP contribution >= 0.6 is 0 Å². The van der Waals surface area contributed by atoms with E-state index in [-0.39, 0.29) is 11.8 Å². The normalized spacial score (nSPS) is 22.7. The third kappa shape index (κ3) is 3.24. The van der Waals surface area contributed by atoms with Gasteiger partial charge in [-0.25, -0.2) is 0 Å². The van der Waals surface area contributed by atoms with Crippen LogP contribution in [0.4, 0.5) is 0 Å². The number of carbonyl (C=O) groups excluding carboxylic acids is 2. The lowest BCUT2D eigenvalue weighted by atomic mass is 9.78. The van der Waals surface area contributed by atoms with Crippen LogP contribution in [0.3, 0.4) is 0 Å². The molecule has 4 heterocycles. The van der Waals surface area contributed by atoms with Gasteiger partial charge in [0, 0.05) is 44.1 Å². The van der Waals surface area contributed by atoms with Gasteiger partial charge in [0.15, 0.2) is 5.76 Å². The monoisotopic (exact) mass is 367 g/mol. The van der Waals surface area contributed by atoms with Crippen molar-refractivity contribution in [1.29, 1.82) is 0 Å². The molecule has 1 atom stereocenters. The van der Waals surface area contributed by atoms with E-state index in [1.807, 2.05) is 36.9 Å². The van der Waals surface area contributed by atoms with Crippen molar-refractivity contribution in [3.63, 3.8) is 0 Å². The Balaban J connectivity index is 1.49. The summed E-state index contributed by atoms with van der Waals surface area (Å²) in [4.78, 5) is 34.0. The van der Waals surface area contributed by atoms with Crippen LogP contribution in [0.15, 0.2) is 35.0 Å². The maximum absolute atomic E-state index is 13.3. The number of likely N-dealkylation sites (tertiary alicyclic amines) is 2. The van der Waals surface area contributed by atoms with Crippen LogP contribution in [0.5, 0.6) is 0 Å². The number of hydrogen-bond acceptors (Lipinski definition) is 4. The van der Waals surface area contributed by atoms with Crippen molar-refractivity contribution in [2.45, 2.75) is 39.7 Å². The molecule has 4 rings (SSSR count). The van der Waals surface area contributed by atoms with Crippen molar-refractivity contribution in [1.82, 2.24) is 14.8 Å². The predicted molar refractivity (Wildman–Crippen MR) is 100 cm³/mol. The lowest BCUT2D eigenvalue weighted by Crippen LogP contribution is -2.50. The molecule has 2 aromatic heterocycles. The molecule has 0 aromatic carbocycles. The summed E-state index contributed by atoms with van der Waals surface area (Å²) in [6.07, 6.45) is 6.07. The molecule has 2 amide bonds. The summed E-state index contributed by atoms with van der Waals surface area (Å²) in [6.45, 7) is 6.16. The molecule has 2 saturated heterocycles. The molecule has 2 aliphatic rings. The largest absolute Gasteiger partial charge is 0.456 e. The van der Waals surface area contributed by atoms with Gasteiger partial charge in [0.1, 0.15) is 5.76 Å². The summed E-state index contributed by atoms with van der Waals surface area (Å²) in [7, 11) is 0. The third-order valence-electron chi connectivity index (χ3n) is 5.80. The smallest absolute Gasteiger partial charge is 0.289 e. The molecule has 2 aromatic rings. The maximum atomic E-state index is 13.3. The topological polar surface area (TPSA) is 66.7 Å². The Morgan fingerprint density at radius 2 is 2.15 bits per heavy atom. The van der Waals surface area contributed by atoms with Gasteiger partial charge in [-0.15, -0.1) is 0 Å². The summed E-state index contributed by atoms with van der Waals surface area (Å²) < 4.78 is 5.60. The van der Waals surface area contributed by atoms with E-state index < -0.39 is 5.41 Å². The highest BCUT2D eigenvalue weighted by molar-refractivity contribution is 5.94. The van der Waals surface area contributed by atoms with Crippen LogP contribution in [-0.4, -0.2) is 46.2 Å². The number of rotatable bonds is 3. The minimum atomic E-state index is -0.453. The van der Waals surface area contributed by atoms with Gasteiger partial charge >= 0.3 is 0 Å². The second-order valence-electron chi connectivity index (χ2n) is 7.82. The average Bonchev–Trinajstić information content (AvgIpc) is 3.23. The van der Waals surface area contributed by atoms with E-state index >= 15 is 0 Å². The molecule has 0 aliphatic carbocycles. The Kier molecular flexibility index (Phi) is 4.50. The fraction of sp³-hybridized carbons (Fsp3) is 0.476. The van der Waals surface area contributed by atoms with Crippen LogP contribution in [0, 0.1) is 19.3 Å². The van der Waals surface area contributed by atoms with Gasteiger partial charge in [0.05, 0.1) is 5.41 Å². The molecule has 1 spiro atoms. The van der Waals surface area contributed by atoms with Crippen molar-refractivity contribution in [3.05, 3.63) is 53.2 Å². The Morgan fingerprint density at radius 3 is 2.85 bits per heavy atom. The molecule has 6 nitrogen and oxygen atoms in total. The highest BCUT2D eigenvalue weighted by Gasteiger charge is 2.49. The summed E-state index contributed by atoms with van der Waals surface area (Å²) >= 11 is 0. The van der Waals surface area contributed by atoms with Gasteiger partial charge in [0.2, 0.25) is 5.91 Å². The quantitative estimate of drug-likeness (QED) is 0.837. The summed E-state index contributed by atoms with van der Waals surface area (Å²) in [5.74, 6) is 1.20. The lowest BCUT2D eigenvalue weighted by Gasteiger charge is -2.39. The number of carbonyl (C=O) groups is 2. The van der Waals surface area contributed by atoms with Gasteiger partial charge in [0.25, 0.3) is 5.91 Å². The van der Waals surface area contributed by atoms with Crippen LogP contribution < -0.4 is 0 Å². The van der Waals surface area contributed by atoms with E-state index in [0.717, 1.165) is 42.7 Å². The van der Waals surface area contributed by atoms with Crippen molar-refractivity contribution in [2.75, 3.05) is 19.6 Å². The Morgan fingerprint density at radius 1 is 1.30 bits per heavy atom. The van der Waals surface area contributed by atoms with Crippen LogP contribution in [-0.2, 0) is 11.3 Å². The standard InChI is InChI=1S/C21H25N3O3/c1-15-11-16(2)27-18(15)19(25)24-10-7-21(14-24)6-4-9-23(20(21)26)13-17-5-3-8-22-12-17/h3,5,8,11-12H,4,6-7,9-10,13-14H2,1-2H3. The second-order valence-corrected chi connectivity index (χ2v) is 7.82. The number of amides is 2. The molecule has 27 heavy (non-hydrogen) atoms. The van der Waals surface area contributed by atoms with Crippen LogP contribution in [0.25, 0.3) is 0 Å². The first-order valence-corrected chi connectivity index (χ1v) is 9.53. The van der Waals surface area contributed by atoms with Gasteiger partial charge in [-0.2, -0.15) is 0 Å². The fourth-order valence-corrected chi connectivity index (χ4v) is 4.44. The van der Waals surface area contributed by atoms with Crippen molar-refractivity contribution >= 4 is 11.8 Å². The van der Waals surface area contributed by atoms with Gasteiger partial charge < -0.3 is 14.2 Å². The fourth-order valence-electron chi connectivity index (χ4n) is 4.44. The summed E-state index contributed by atoms with van der Waals surface area (Å²) in [5, 5.41) is 0. The molecule has 142 valence electrons. The number of pyridine rings is 1. The molecule has 1 unspecified atom stereocenters. The first kappa shape index (κ1) is 17.8. The number of piperidine rings is 1. The first-order valence-electron chi connectivity index (χ1n) is 9.53. The zero-order valence-corrected chi connectivity index (χ0v) is 15.9. The third-order valence-corrected chi connectivity index (χ3v) is 5.80. The lowest BCUT2D eigenvalue weighted by molar-refractivity contribution is -0.146. The zero-order chi connectivity index (χ0) is 19.0. The molecule has 6 heteroatoms. The zero-order valence-electron chi connectivity index (χ0n) is 15.9. The SMILES string of the molecule is Cc1cc(C)c(C(=O)N2CCC3(CCCN(Cc4cccnc4)C3=O)C2)o1. The number of aryl methyl sites for hydroxylation is 2. The number of hydrogen-bond donors (Lipinski definition) is 0. The average molecular weight is 367 g/mol. The first-order chi connectivity index (χ1) is 13.0. The van der Waals surface area contributed by atoms with Crippen molar-refractivity contribution in [2.24, 2.45) is 5.41 Å². The highest BCUT2D eigenvalue weighted by Crippen LogP contribution is 2.41. The highest BCUT2D eigenvalue weighted by atomic mass is 16.4. The molecule has 0 radical (unpaired) electrons. The Labute approximate surface area is 159 Å². The van der Waals surface area contributed by atoms with Crippen LogP contribution in [0.1, 0.15) is 46.7 Å². The minimum absolute atomic E-state index is 0.102. The predicted octanol–water partition coefficient (Wildman–Crippen LogP) is 2.95. The number of furan rings is 1. The second kappa shape index (κ2) is 6.83. The van der Waals surface area contributed by atoms with E-state index in [2.05, 4.69) is 4.98 Å². The number of aromatic nitrogens is 1. The van der Waals surface area contributed by atoms with E-state index in [1.54, 1.807) is 17.3 Å². The Bertz CT molecular complexity index is 861. The van der Waals surface area contributed by atoms with E-state index in [4.69, 9.17) is 4.42 Å². The molecule has 0 saturated carbocycles. The molecule has 0 N–H and O–H groups in total. The molecule has 0 bridgehead atoms. The van der Waals surface area contributed by atoms with E-state index in [9.17, 15) is 9.59 Å². The minimum Gasteiger partial charge on any atom is -0.456 e. The van der Waals surface area contributed by atoms with E-state index in [0.29, 0.717) is 25.4 Å².